The zero-order valence-corrected chi connectivity index (χ0v) is 20.7. The van der Waals surface area contributed by atoms with Gasteiger partial charge in [-0.05, 0) is 66.7 Å². The third-order valence-electron chi connectivity index (χ3n) is 4.89. The molecule has 0 aliphatic rings. The topological polar surface area (TPSA) is 71.8 Å². The van der Waals surface area contributed by atoms with Crippen molar-refractivity contribution in [2.24, 2.45) is 0 Å². The van der Waals surface area contributed by atoms with Crippen molar-refractivity contribution in [3.63, 3.8) is 0 Å². The minimum Gasteiger partial charge on any atom is -0.378 e. The molecule has 12 heteroatoms. The lowest BCUT2D eigenvalue weighted by atomic mass is 10.2. The van der Waals surface area contributed by atoms with E-state index in [0.717, 1.165) is 35.3 Å². The number of rotatable bonds is 8. The summed E-state index contributed by atoms with van der Waals surface area (Å²) in [6.07, 6.45) is -4.50. The molecule has 0 saturated carbocycles. The molecule has 0 bridgehead atoms. The normalized spacial score (nSPS) is 11.4. The van der Waals surface area contributed by atoms with Crippen LogP contribution in [0.1, 0.15) is 11.4 Å². The van der Waals surface area contributed by atoms with Gasteiger partial charge in [-0.25, -0.2) is 0 Å². The molecule has 6 nitrogen and oxygen atoms in total. The molecule has 0 radical (unpaired) electrons. The van der Waals surface area contributed by atoms with Gasteiger partial charge in [-0.1, -0.05) is 41.0 Å². The van der Waals surface area contributed by atoms with Crippen LogP contribution in [0.15, 0.2) is 78.0 Å². The summed E-state index contributed by atoms with van der Waals surface area (Å²) in [6.45, 7) is 0.328. The molecular weight excluding hydrogens is 534 g/mol. The van der Waals surface area contributed by atoms with Crippen LogP contribution in [0, 0.1) is 0 Å². The van der Waals surface area contributed by atoms with E-state index < -0.39 is 17.6 Å². The van der Waals surface area contributed by atoms with E-state index in [1.807, 2.05) is 12.1 Å². The van der Waals surface area contributed by atoms with E-state index in [1.54, 1.807) is 41.0 Å². The molecular formula is C24H18Cl2F3N5OS. The fourth-order valence-electron chi connectivity index (χ4n) is 3.21. The van der Waals surface area contributed by atoms with Gasteiger partial charge in [0.2, 0.25) is 5.91 Å². The Labute approximate surface area is 218 Å². The lowest BCUT2D eigenvalue weighted by Crippen LogP contribution is -2.15. The maximum Gasteiger partial charge on any atom is 0.416 e. The quantitative estimate of drug-likeness (QED) is 0.232. The number of hydrogen-bond donors (Lipinski definition) is 2. The average Bonchev–Trinajstić information content (AvgIpc) is 3.25. The molecule has 4 rings (SSSR count). The molecule has 186 valence electrons. The number of alkyl halides is 3. The molecule has 0 spiro atoms. The number of aromatic nitrogens is 3. The molecule has 1 heterocycles. The average molecular weight is 552 g/mol. The summed E-state index contributed by atoms with van der Waals surface area (Å²) in [5, 5.41) is 15.8. The Hall–Kier alpha value is -3.21. The monoisotopic (exact) mass is 551 g/mol. The van der Waals surface area contributed by atoms with E-state index in [-0.39, 0.29) is 11.4 Å². The predicted molar refractivity (Wildman–Crippen MR) is 136 cm³/mol. The van der Waals surface area contributed by atoms with Crippen LogP contribution in [0.25, 0.3) is 5.69 Å². The molecule has 0 saturated heterocycles. The number of carbonyl (C=O) groups is 1. The van der Waals surface area contributed by atoms with Gasteiger partial charge in [0.1, 0.15) is 0 Å². The van der Waals surface area contributed by atoms with Crippen molar-refractivity contribution in [3.8, 4) is 5.69 Å². The SMILES string of the molecule is O=C(CSc1nnc(CNc2ccc(Cl)cc2)n1-c1ccc(Cl)cc1)Nc1cccc(C(F)(F)F)c1. The van der Waals surface area contributed by atoms with Crippen LogP contribution >= 0.6 is 35.0 Å². The highest BCUT2D eigenvalue weighted by Gasteiger charge is 2.30. The third-order valence-corrected chi connectivity index (χ3v) is 6.32. The first-order valence-corrected chi connectivity index (χ1v) is 12.2. The van der Waals surface area contributed by atoms with Crippen LogP contribution in [-0.2, 0) is 17.5 Å². The number of hydrogen-bond acceptors (Lipinski definition) is 5. The summed E-state index contributed by atoms with van der Waals surface area (Å²) in [6, 6.07) is 18.7. The number of thioether (sulfide) groups is 1. The van der Waals surface area contributed by atoms with E-state index in [4.69, 9.17) is 23.2 Å². The number of halogens is 5. The minimum absolute atomic E-state index is 0.0578. The van der Waals surface area contributed by atoms with Crippen molar-refractivity contribution in [2.45, 2.75) is 17.9 Å². The number of carbonyl (C=O) groups excluding carboxylic acids is 1. The zero-order valence-electron chi connectivity index (χ0n) is 18.4. The smallest absolute Gasteiger partial charge is 0.378 e. The fraction of sp³-hybridized carbons (Fsp3) is 0.125. The maximum absolute atomic E-state index is 12.9. The van der Waals surface area contributed by atoms with Crippen molar-refractivity contribution in [2.75, 3.05) is 16.4 Å². The molecule has 0 fully saturated rings. The minimum atomic E-state index is -4.50. The number of benzene rings is 3. The fourth-order valence-corrected chi connectivity index (χ4v) is 4.23. The van der Waals surface area contributed by atoms with Crippen LogP contribution in [-0.4, -0.2) is 26.4 Å². The Morgan fingerprint density at radius 3 is 2.25 bits per heavy atom. The molecule has 36 heavy (non-hydrogen) atoms. The molecule has 0 atom stereocenters. The standard InChI is InChI=1S/C24H18Cl2F3N5OS/c25-16-4-8-18(9-5-16)30-13-21-32-33-23(34(21)20-10-6-17(26)7-11-20)36-14-22(35)31-19-3-1-2-15(12-19)24(27,28)29/h1-12,30H,13-14H2,(H,31,35). The predicted octanol–water partition coefficient (Wildman–Crippen LogP) is 6.94. The van der Waals surface area contributed by atoms with Crippen LogP contribution in [0.5, 0.6) is 0 Å². The van der Waals surface area contributed by atoms with Crippen molar-refractivity contribution >= 4 is 52.2 Å². The lowest BCUT2D eigenvalue weighted by Gasteiger charge is -2.12. The van der Waals surface area contributed by atoms with Crippen LogP contribution in [0.3, 0.4) is 0 Å². The van der Waals surface area contributed by atoms with Gasteiger partial charge >= 0.3 is 6.18 Å². The van der Waals surface area contributed by atoms with E-state index >= 15 is 0 Å². The largest absolute Gasteiger partial charge is 0.416 e. The van der Waals surface area contributed by atoms with Gasteiger partial charge < -0.3 is 10.6 Å². The highest BCUT2D eigenvalue weighted by molar-refractivity contribution is 7.99. The maximum atomic E-state index is 12.9. The highest BCUT2D eigenvalue weighted by Crippen LogP contribution is 2.31. The van der Waals surface area contributed by atoms with Gasteiger partial charge in [0.25, 0.3) is 0 Å². The van der Waals surface area contributed by atoms with Gasteiger partial charge in [0, 0.05) is 27.1 Å². The van der Waals surface area contributed by atoms with Crippen molar-refractivity contribution < 1.29 is 18.0 Å². The Morgan fingerprint density at radius 2 is 1.58 bits per heavy atom. The Morgan fingerprint density at radius 1 is 0.917 bits per heavy atom. The summed E-state index contributed by atoms with van der Waals surface area (Å²) >= 11 is 13.1. The molecule has 0 unspecified atom stereocenters. The van der Waals surface area contributed by atoms with Crippen molar-refractivity contribution in [1.82, 2.24) is 14.8 Å². The summed E-state index contributed by atoms with van der Waals surface area (Å²) < 4.78 is 40.6. The van der Waals surface area contributed by atoms with Crippen LogP contribution < -0.4 is 10.6 Å². The van der Waals surface area contributed by atoms with Gasteiger partial charge in [-0.15, -0.1) is 10.2 Å². The second-order valence-electron chi connectivity index (χ2n) is 7.49. The van der Waals surface area contributed by atoms with Crippen molar-refractivity contribution in [3.05, 3.63) is 94.2 Å². The second kappa shape index (κ2) is 11.2. The molecule has 1 aromatic heterocycles. The van der Waals surface area contributed by atoms with E-state index in [1.165, 1.54) is 12.1 Å². The third kappa shape index (κ3) is 6.71. The molecule has 4 aromatic rings. The molecule has 0 aliphatic carbocycles. The summed E-state index contributed by atoms with van der Waals surface area (Å²) in [5.74, 6) is 0.00549. The van der Waals surface area contributed by atoms with Gasteiger partial charge in [0.05, 0.1) is 17.9 Å². The lowest BCUT2D eigenvalue weighted by molar-refractivity contribution is -0.137. The number of amides is 1. The first-order chi connectivity index (χ1) is 17.2. The molecule has 1 amide bonds. The first-order valence-electron chi connectivity index (χ1n) is 10.5. The summed E-state index contributed by atoms with van der Waals surface area (Å²) in [7, 11) is 0. The summed E-state index contributed by atoms with van der Waals surface area (Å²) in [5.41, 5.74) is 0.786. The molecule has 2 N–H and O–H groups in total. The number of anilines is 2. The molecule has 0 aliphatic heterocycles. The Bertz CT molecular complexity index is 1350. The summed E-state index contributed by atoms with van der Waals surface area (Å²) in [4.78, 5) is 12.5. The van der Waals surface area contributed by atoms with E-state index in [0.29, 0.717) is 27.6 Å². The molecule has 3 aromatic carbocycles. The Kier molecular flexibility index (Phi) is 8.07. The zero-order chi connectivity index (χ0) is 25.7. The Balaban J connectivity index is 1.49. The number of nitrogens with zero attached hydrogens (tertiary/aromatic N) is 3. The van der Waals surface area contributed by atoms with E-state index in [2.05, 4.69) is 20.8 Å². The van der Waals surface area contributed by atoms with Gasteiger partial charge in [-0.3, -0.25) is 9.36 Å². The van der Waals surface area contributed by atoms with Crippen molar-refractivity contribution in [1.29, 1.82) is 0 Å². The highest BCUT2D eigenvalue weighted by atomic mass is 35.5. The van der Waals surface area contributed by atoms with E-state index in [9.17, 15) is 18.0 Å². The van der Waals surface area contributed by atoms with Crippen LogP contribution in [0.4, 0.5) is 24.5 Å². The van der Waals surface area contributed by atoms with Crippen LogP contribution in [0.2, 0.25) is 10.0 Å². The van der Waals surface area contributed by atoms with Gasteiger partial charge in [-0.2, -0.15) is 13.2 Å². The first kappa shape index (κ1) is 25.9. The second-order valence-corrected chi connectivity index (χ2v) is 9.30. The van der Waals surface area contributed by atoms with Gasteiger partial charge in [0.15, 0.2) is 11.0 Å². The number of nitrogens with one attached hydrogen (secondary N) is 2.